The molecule has 1 aliphatic rings. The van der Waals surface area contributed by atoms with Crippen LogP contribution in [0.1, 0.15) is 6.42 Å². The minimum Gasteiger partial charge on any atom is -0.492 e. The average Bonchev–Trinajstić information content (AvgIpc) is 2.51. The van der Waals surface area contributed by atoms with Crippen molar-refractivity contribution in [2.24, 2.45) is 0 Å². The molecule has 9 heteroatoms. The van der Waals surface area contributed by atoms with Gasteiger partial charge in [-0.05, 0) is 37.2 Å². The number of hydrogen-bond acceptors (Lipinski definition) is 5. The molecule has 0 spiro atoms. The molecule has 1 saturated heterocycles. The van der Waals surface area contributed by atoms with Crippen LogP contribution in [0, 0.1) is 5.82 Å². The van der Waals surface area contributed by atoms with Gasteiger partial charge in [-0.25, -0.2) is 4.39 Å². The van der Waals surface area contributed by atoms with E-state index in [0.29, 0.717) is 38.4 Å². The molecule has 0 amide bonds. The largest absolute Gasteiger partial charge is 0.492 e. The highest BCUT2D eigenvalue weighted by Crippen LogP contribution is 2.14. The van der Waals surface area contributed by atoms with Gasteiger partial charge in [-0.3, -0.25) is 4.90 Å². The summed E-state index contributed by atoms with van der Waals surface area (Å²) in [7, 11) is -0.673. The number of aliphatic hydroxyl groups excluding tert-OH is 1. The number of rotatable bonds is 7. The summed E-state index contributed by atoms with van der Waals surface area (Å²) >= 11 is 0. The van der Waals surface area contributed by atoms with E-state index >= 15 is 0 Å². The summed E-state index contributed by atoms with van der Waals surface area (Å²) in [5.74, 6) is 0.276. The maximum absolute atomic E-state index is 12.8. The van der Waals surface area contributed by atoms with Gasteiger partial charge in [0.25, 0.3) is 10.2 Å². The quantitative estimate of drug-likeness (QED) is 0.716. The number of benzene rings is 1. The topological polar surface area (TPSA) is 82.1 Å². The average molecular weight is 361 g/mol. The molecule has 0 bridgehead atoms. The zero-order valence-electron chi connectivity index (χ0n) is 13.9. The van der Waals surface area contributed by atoms with Crippen LogP contribution in [-0.2, 0) is 10.2 Å². The number of aliphatic hydroxyl groups is 1. The molecule has 0 aliphatic carbocycles. The highest BCUT2D eigenvalue weighted by atomic mass is 32.2. The van der Waals surface area contributed by atoms with Crippen molar-refractivity contribution in [2.75, 3.05) is 40.3 Å². The fourth-order valence-electron chi connectivity index (χ4n) is 2.46. The van der Waals surface area contributed by atoms with Gasteiger partial charge in [0.15, 0.2) is 0 Å². The summed E-state index contributed by atoms with van der Waals surface area (Å²) < 4.78 is 45.6. The Balaban J connectivity index is 1.75. The number of β-amino-alcohol motifs (C(OH)–C–C–N with tert-alkyl or cyclic N) is 1. The second kappa shape index (κ2) is 8.21. The van der Waals surface area contributed by atoms with Crippen LogP contribution in [0.4, 0.5) is 4.39 Å². The molecule has 1 aromatic carbocycles. The molecule has 0 unspecified atom stereocenters. The van der Waals surface area contributed by atoms with E-state index in [-0.39, 0.29) is 5.82 Å². The fraction of sp³-hybridized carbons (Fsp3) is 0.600. The molecule has 7 nitrogen and oxygen atoms in total. The van der Waals surface area contributed by atoms with Crippen LogP contribution >= 0.6 is 0 Å². The Morgan fingerprint density at radius 3 is 2.62 bits per heavy atom. The highest BCUT2D eigenvalue weighted by Gasteiger charge is 2.31. The van der Waals surface area contributed by atoms with Gasteiger partial charge < -0.3 is 9.84 Å². The molecule has 136 valence electrons. The molecule has 1 heterocycles. The van der Waals surface area contributed by atoms with Gasteiger partial charge in [0.05, 0.1) is 12.1 Å². The Labute approximate surface area is 142 Å². The lowest BCUT2D eigenvalue weighted by atomic mass is 10.0. The number of hydrogen-bond donors (Lipinski definition) is 2. The minimum atomic E-state index is -3.56. The van der Waals surface area contributed by atoms with Crippen molar-refractivity contribution in [1.82, 2.24) is 13.9 Å². The number of halogens is 1. The summed E-state index contributed by atoms with van der Waals surface area (Å²) in [6.45, 7) is 2.03. The SMILES string of the molecule is CN(C)S(=O)(=O)N[C@@H]1CCN(CCOc2ccc(F)cc2)C[C@H]1O. The van der Waals surface area contributed by atoms with Crippen molar-refractivity contribution >= 4 is 10.2 Å². The Hall–Kier alpha value is -1.26. The number of piperidine rings is 1. The maximum atomic E-state index is 12.8. The van der Waals surface area contributed by atoms with Crippen molar-refractivity contribution in [2.45, 2.75) is 18.6 Å². The Morgan fingerprint density at radius 1 is 1.38 bits per heavy atom. The van der Waals surface area contributed by atoms with Gasteiger partial charge in [0.2, 0.25) is 0 Å². The van der Waals surface area contributed by atoms with Crippen LogP contribution in [-0.4, -0.2) is 75.2 Å². The first kappa shape index (κ1) is 19.1. The molecule has 1 aromatic rings. The Kier molecular flexibility index (Phi) is 6.53. The van der Waals surface area contributed by atoms with E-state index in [1.807, 2.05) is 4.90 Å². The Bertz CT molecular complexity index is 624. The smallest absolute Gasteiger partial charge is 0.279 e. The number of nitrogens with zero attached hydrogens (tertiary/aromatic N) is 2. The van der Waals surface area contributed by atoms with Gasteiger partial charge in [-0.2, -0.15) is 17.4 Å². The lowest BCUT2D eigenvalue weighted by molar-refractivity contribution is 0.0419. The predicted molar refractivity (Wildman–Crippen MR) is 88.5 cm³/mol. The molecular weight excluding hydrogens is 337 g/mol. The van der Waals surface area contributed by atoms with E-state index in [4.69, 9.17) is 4.74 Å². The van der Waals surface area contributed by atoms with Gasteiger partial charge in [-0.15, -0.1) is 0 Å². The van der Waals surface area contributed by atoms with Crippen molar-refractivity contribution in [3.63, 3.8) is 0 Å². The third-order valence-corrected chi connectivity index (χ3v) is 5.50. The van der Waals surface area contributed by atoms with Crippen LogP contribution in [0.25, 0.3) is 0 Å². The third kappa shape index (κ3) is 5.38. The highest BCUT2D eigenvalue weighted by molar-refractivity contribution is 7.87. The summed E-state index contributed by atoms with van der Waals surface area (Å²) in [4.78, 5) is 2.01. The van der Waals surface area contributed by atoms with E-state index in [1.54, 1.807) is 12.1 Å². The maximum Gasteiger partial charge on any atom is 0.279 e. The third-order valence-electron chi connectivity index (χ3n) is 3.94. The molecule has 0 aromatic heterocycles. The summed E-state index contributed by atoms with van der Waals surface area (Å²) in [5, 5.41) is 10.2. The lowest BCUT2D eigenvalue weighted by Crippen LogP contribution is -2.56. The molecule has 0 saturated carbocycles. The van der Waals surface area contributed by atoms with E-state index in [9.17, 15) is 17.9 Å². The van der Waals surface area contributed by atoms with E-state index < -0.39 is 22.4 Å². The fourth-order valence-corrected chi connectivity index (χ4v) is 3.33. The summed E-state index contributed by atoms with van der Waals surface area (Å²) in [6, 6.07) is 5.30. The van der Waals surface area contributed by atoms with Crippen LogP contribution in [0.15, 0.2) is 24.3 Å². The van der Waals surface area contributed by atoms with Crippen molar-refractivity contribution in [1.29, 1.82) is 0 Å². The molecule has 2 atom stereocenters. The van der Waals surface area contributed by atoms with Crippen LogP contribution in [0.2, 0.25) is 0 Å². The van der Waals surface area contributed by atoms with Gasteiger partial charge >= 0.3 is 0 Å². The van der Waals surface area contributed by atoms with Crippen LogP contribution < -0.4 is 9.46 Å². The normalized spacial score (nSPS) is 22.7. The standard InChI is InChI=1S/C15H24FN3O4S/c1-18(2)24(21,22)17-14-7-8-19(11-15(14)20)9-10-23-13-5-3-12(16)4-6-13/h3-6,14-15,17,20H,7-11H2,1-2H3/t14-,15-/m1/s1. The first-order valence-corrected chi connectivity index (χ1v) is 9.20. The molecule has 2 N–H and O–H groups in total. The van der Waals surface area contributed by atoms with Crippen molar-refractivity contribution in [3.05, 3.63) is 30.1 Å². The zero-order valence-corrected chi connectivity index (χ0v) is 14.7. The first-order valence-electron chi connectivity index (χ1n) is 7.76. The second-order valence-electron chi connectivity index (χ2n) is 5.97. The molecule has 1 fully saturated rings. The first-order chi connectivity index (χ1) is 11.3. The van der Waals surface area contributed by atoms with Gasteiger partial charge in [-0.1, -0.05) is 0 Å². The van der Waals surface area contributed by atoms with Crippen molar-refractivity contribution < 1.29 is 22.7 Å². The number of ether oxygens (including phenoxy) is 1. The second-order valence-corrected chi connectivity index (χ2v) is 7.89. The number of likely N-dealkylation sites (tertiary alicyclic amines) is 1. The summed E-state index contributed by atoms with van der Waals surface area (Å²) in [5.41, 5.74) is 0. The van der Waals surface area contributed by atoms with Gasteiger partial charge in [0, 0.05) is 27.2 Å². The van der Waals surface area contributed by atoms with Crippen molar-refractivity contribution in [3.8, 4) is 5.75 Å². The van der Waals surface area contributed by atoms with Crippen LogP contribution in [0.5, 0.6) is 5.75 Å². The predicted octanol–water partition coefficient (Wildman–Crippen LogP) is 0.0357. The Morgan fingerprint density at radius 2 is 2.04 bits per heavy atom. The number of nitrogens with one attached hydrogen (secondary N) is 1. The van der Waals surface area contributed by atoms with E-state index in [2.05, 4.69) is 4.72 Å². The molecule has 1 aliphatic heterocycles. The monoisotopic (exact) mass is 361 g/mol. The van der Waals surface area contributed by atoms with Crippen LogP contribution in [0.3, 0.4) is 0 Å². The zero-order chi connectivity index (χ0) is 17.7. The molecule has 24 heavy (non-hydrogen) atoms. The summed E-state index contributed by atoms with van der Waals surface area (Å²) in [6.07, 6.45) is -0.260. The molecular formula is C15H24FN3O4S. The van der Waals surface area contributed by atoms with E-state index in [0.717, 1.165) is 4.31 Å². The van der Waals surface area contributed by atoms with Gasteiger partial charge in [0.1, 0.15) is 18.2 Å². The van der Waals surface area contributed by atoms with E-state index in [1.165, 1.54) is 26.2 Å². The molecule has 2 rings (SSSR count). The minimum absolute atomic E-state index is 0.312. The molecule has 0 radical (unpaired) electrons. The lowest BCUT2D eigenvalue weighted by Gasteiger charge is -2.36.